The summed E-state index contributed by atoms with van der Waals surface area (Å²) in [6.07, 6.45) is 1.27. The number of benzene rings is 1. The Morgan fingerprint density at radius 3 is 2.79 bits per heavy atom. The van der Waals surface area contributed by atoms with Crippen molar-refractivity contribution in [3.63, 3.8) is 0 Å². The van der Waals surface area contributed by atoms with Gasteiger partial charge in [-0.15, -0.1) is 0 Å². The largest absolute Gasteiger partial charge is 0.478 e. The van der Waals surface area contributed by atoms with Crippen molar-refractivity contribution in [3.05, 3.63) is 59.5 Å². The van der Waals surface area contributed by atoms with E-state index in [4.69, 9.17) is 9.47 Å². The molecule has 6 heteroatoms. The van der Waals surface area contributed by atoms with Crippen LogP contribution in [0, 0.1) is 5.82 Å². The molecule has 126 valence electrons. The Labute approximate surface area is 140 Å². The normalized spacial score (nSPS) is 17.6. The van der Waals surface area contributed by atoms with Crippen LogP contribution in [0.15, 0.2) is 42.6 Å². The van der Waals surface area contributed by atoms with Gasteiger partial charge >= 0.3 is 0 Å². The number of amides is 1. The first-order valence-electron chi connectivity index (χ1n) is 7.92. The average molecular weight is 330 g/mol. The summed E-state index contributed by atoms with van der Waals surface area (Å²) in [5, 5.41) is 0. The molecular formula is C18H19FN2O3. The molecule has 1 aromatic heterocycles. The van der Waals surface area contributed by atoms with Gasteiger partial charge in [-0.05, 0) is 30.7 Å². The van der Waals surface area contributed by atoms with E-state index in [0.29, 0.717) is 37.7 Å². The zero-order chi connectivity index (χ0) is 16.9. The van der Waals surface area contributed by atoms with Gasteiger partial charge in [-0.3, -0.25) is 4.79 Å². The zero-order valence-corrected chi connectivity index (χ0v) is 13.4. The minimum absolute atomic E-state index is 0.0963. The fourth-order valence-corrected chi connectivity index (χ4v) is 2.64. The van der Waals surface area contributed by atoms with Gasteiger partial charge < -0.3 is 14.4 Å². The number of halogens is 1. The highest BCUT2D eigenvalue weighted by Crippen LogP contribution is 2.23. The van der Waals surface area contributed by atoms with Gasteiger partial charge in [0.1, 0.15) is 11.9 Å². The smallest absolute Gasteiger partial charge is 0.255 e. The summed E-state index contributed by atoms with van der Waals surface area (Å²) in [7, 11) is 0. The first kappa shape index (κ1) is 16.4. The molecule has 0 unspecified atom stereocenters. The minimum atomic E-state index is -0.289. The quantitative estimate of drug-likeness (QED) is 0.865. The molecule has 0 bridgehead atoms. The second kappa shape index (κ2) is 7.40. The molecule has 2 heterocycles. The molecule has 1 aromatic carbocycles. The van der Waals surface area contributed by atoms with Gasteiger partial charge in [0.05, 0.1) is 25.3 Å². The maximum absolute atomic E-state index is 13.0. The van der Waals surface area contributed by atoms with E-state index >= 15 is 0 Å². The summed E-state index contributed by atoms with van der Waals surface area (Å²) in [6, 6.07) is 9.57. The molecule has 1 fully saturated rings. The lowest BCUT2D eigenvalue weighted by Crippen LogP contribution is -2.42. The predicted octanol–water partition coefficient (Wildman–Crippen LogP) is 2.83. The number of hydrogen-bond acceptors (Lipinski definition) is 4. The molecule has 1 aliphatic heterocycles. The highest BCUT2D eigenvalue weighted by Gasteiger charge is 2.26. The highest BCUT2D eigenvalue weighted by molar-refractivity contribution is 5.94. The van der Waals surface area contributed by atoms with E-state index in [1.807, 2.05) is 6.92 Å². The van der Waals surface area contributed by atoms with Crippen LogP contribution in [0.1, 0.15) is 28.9 Å². The van der Waals surface area contributed by atoms with Crippen molar-refractivity contribution in [2.45, 2.75) is 13.0 Å². The van der Waals surface area contributed by atoms with Crippen molar-refractivity contribution in [1.29, 1.82) is 0 Å². The van der Waals surface area contributed by atoms with Crippen molar-refractivity contribution in [2.24, 2.45) is 0 Å². The Morgan fingerprint density at radius 1 is 1.33 bits per heavy atom. The molecule has 24 heavy (non-hydrogen) atoms. The van der Waals surface area contributed by atoms with Crippen molar-refractivity contribution in [1.82, 2.24) is 9.88 Å². The van der Waals surface area contributed by atoms with Gasteiger partial charge in [0.15, 0.2) is 0 Å². The fraction of sp³-hybridized carbons (Fsp3) is 0.333. The molecule has 0 spiro atoms. The number of morpholine rings is 1. The van der Waals surface area contributed by atoms with E-state index in [-0.39, 0.29) is 17.8 Å². The summed E-state index contributed by atoms with van der Waals surface area (Å²) < 4.78 is 24.0. The van der Waals surface area contributed by atoms with Crippen LogP contribution >= 0.6 is 0 Å². The van der Waals surface area contributed by atoms with E-state index in [0.717, 1.165) is 5.56 Å². The second-order valence-electron chi connectivity index (χ2n) is 5.48. The first-order valence-corrected chi connectivity index (χ1v) is 7.92. The van der Waals surface area contributed by atoms with Crippen LogP contribution in [0.5, 0.6) is 5.88 Å². The number of hydrogen-bond donors (Lipinski definition) is 0. The minimum Gasteiger partial charge on any atom is -0.478 e. The Hall–Kier alpha value is -2.47. The molecule has 1 amide bonds. The average Bonchev–Trinajstić information content (AvgIpc) is 2.63. The lowest BCUT2D eigenvalue weighted by Gasteiger charge is -2.33. The molecule has 5 nitrogen and oxygen atoms in total. The van der Waals surface area contributed by atoms with Crippen LogP contribution < -0.4 is 4.74 Å². The summed E-state index contributed by atoms with van der Waals surface area (Å²) in [5.41, 5.74) is 1.37. The van der Waals surface area contributed by atoms with Crippen LogP contribution in [0.25, 0.3) is 0 Å². The molecule has 2 aromatic rings. The lowest BCUT2D eigenvalue weighted by atomic mass is 10.1. The maximum Gasteiger partial charge on any atom is 0.255 e. The number of carbonyl (C=O) groups is 1. The van der Waals surface area contributed by atoms with Gasteiger partial charge in [-0.25, -0.2) is 9.37 Å². The molecule has 1 atom stereocenters. The first-order chi connectivity index (χ1) is 11.7. The number of nitrogens with zero attached hydrogens (tertiary/aromatic N) is 2. The van der Waals surface area contributed by atoms with Crippen LogP contribution in [0.2, 0.25) is 0 Å². The molecule has 0 aliphatic carbocycles. The molecule has 0 N–H and O–H groups in total. The fourth-order valence-electron chi connectivity index (χ4n) is 2.64. The van der Waals surface area contributed by atoms with E-state index in [1.165, 1.54) is 18.3 Å². The maximum atomic E-state index is 13.0. The Morgan fingerprint density at radius 2 is 2.12 bits per heavy atom. The third-order valence-corrected chi connectivity index (χ3v) is 3.87. The molecule has 0 saturated carbocycles. The standard InChI is InChI=1S/C18H19FN2O3/c1-2-23-17-8-5-14(11-20-17)18(22)21-9-10-24-16(12-21)13-3-6-15(19)7-4-13/h3-8,11,16H,2,9-10,12H2,1H3/t16-/m1/s1. The van der Waals surface area contributed by atoms with Gasteiger partial charge in [-0.2, -0.15) is 0 Å². The number of aromatic nitrogens is 1. The van der Waals surface area contributed by atoms with E-state index in [9.17, 15) is 9.18 Å². The molecule has 1 aliphatic rings. The lowest BCUT2D eigenvalue weighted by molar-refractivity contribution is -0.0228. The summed E-state index contributed by atoms with van der Waals surface area (Å²) in [4.78, 5) is 18.5. The summed E-state index contributed by atoms with van der Waals surface area (Å²) in [6.45, 7) is 3.80. The van der Waals surface area contributed by atoms with E-state index < -0.39 is 0 Å². The van der Waals surface area contributed by atoms with Gasteiger partial charge in [0, 0.05) is 18.8 Å². The zero-order valence-electron chi connectivity index (χ0n) is 13.4. The van der Waals surface area contributed by atoms with E-state index in [2.05, 4.69) is 4.98 Å². The van der Waals surface area contributed by atoms with Gasteiger partial charge in [0.2, 0.25) is 5.88 Å². The molecule has 0 radical (unpaired) electrons. The van der Waals surface area contributed by atoms with Crippen molar-refractivity contribution in [3.8, 4) is 5.88 Å². The van der Waals surface area contributed by atoms with Crippen LogP contribution in [-0.2, 0) is 4.74 Å². The Bertz CT molecular complexity index is 688. The summed E-state index contributed by atoms with van der Waals surface area (Å²) in [5.74, 6) is 0.115. The molecule has 3 rings (SSSR count). The van der Waals surface area contributed by atoms with Crippen LogP contribution in [0.4, 0.5) is 4.39 Å². The number of pyridine rings is 1. The monoisotopic (exact) mass is 330 g/mol. The third kappa shape index (κ3) is 3.71. The molecular weight excluding hydrogens is 311 g/mol. The van der Waals surface area contributed by atoms with Gasteiger partial charge in [0.25, 0.3) is 5.91 Å². The van der Waals surface area contributed by atoms with Crippen molar-refractivity contribution < 1.29 is 18.7 Å². The third-order valence-electron chi connectivity index (χ3n) is 3.87. The number of rotatable bonds is 4. The summed E-state index contributed by atoms with van der Waals surface area (Å²) >= 11 is 0. The van der Waals surface area contributed by atoms with Crippen LogP contribution in [0.3, 0.4) is 0 Å². The number of ether oxygens (including phenoxy) is 2. The Kier molecular flexibility index (Phi) is 5.05. The van der Waals surface area contributed by atoms with Gasteiger partial charge in [-0.1, -0.05) is 12.1 Å². The SMILES string of the molecule is CCOc1ccc(C(=O)N2CCO[C@@H](c3ccc(F)cc3)C2)cn1. The second-order valence-corrected chi connectivity index (χ2v) is 5.48. The van der Waals surface area contributed by atoms with Crippen molar-refractivity contribution in [2.75, 3.05) is 26.3 Å². The van der Waals surface area contributed by atoms with E-state index in [1.54, 1.807) is 29.2 Å². The van der Waals surface area contributed by atoms with Crippen LogP contribution in [-0.4, -0.2) is 42.1 Å². The highest BCUT2D eigenvalue weighted by atomic mass is 19.1. The predicted molar refractivity (Wildman–Crippen MR) is 86.4 cm³/mol. The Balaban J connectivity index is 1.69. The van der Waals surface area contributed by atoms with Crippen molar-refractivity contribution >= 4 is 5.91 Å². The number of carbonyl (C=O) groups excluding carboxylic acids is 1. The topological polar surface area (TPSA) is 51.7 Å². The molecule has 1 saturated heterocycles.